The van der Waals surface area contributed by atoms with Gasteiger partial charge in [0.05, 0.1) is 0 Å². The summed E-state index contributed by atoms with van der Waals surface area (Å²) in [7, 11) is 1.64. The maximum atomic E-state index is 11.5. The summed E-state index contributed by atoms with van der Waals surface area (Å²) in [5.74, 6) is -0.0656. The third kappa shape index (κ3) is 3.63. The molecule has 0 aromatic heterocycles. The molecule has 1 amide bonds. The van der Waals surface area contributed by atoms with E-state index in [1.807, 2.05) is 24.3 Å². The Morgan fingerprint density at radius 2 is 1.71 bits per heavy atom. The van der Waals surface area contributed by atoms with Gasteiger partial charge in [-0.1, -0.05) is 23.8 Å². The fraction of sp³-hybridized carbons (Fsp3) is 0.278. The molecular formula is C18H22N2O. The van der Waals surface area contributed by atoms with E-state index in [0.29, 0.717) is 5.56 Å². The fourth-order valence-corrected chi connectivity index (χ4v) is 2.42. The summed E-state index contributed by atoms with van der Waals surface area (Å²) in [6.45, 7) is 6.38. The van der Waals surface area contributed by atoms with Gasteiger partial charge in [-0.3, -0.25) is 4.79 Å². The van der Waals surface area contributed by atoms with E-state index in [9.17, 15) is 4.79 Å². The number of aryl methyl sites for hydroxylation is 2. The highest BCUT2D eigenvalue weighted by molar-refractivity contribution is 5.94. The van der Waals surface area contributed by atoms with Crippen LogP contribution in [0.4, 0.5) is 5.69 Å². The zero-order valence-corrected chi connectivity index (χ0v) is 13.0. The van der Waals surface area contributed by atoms with Crippen LogP contribution in [0.15, 0.2) is 42.5 Å². The molecule has 1 atom stereocenters. The molecule has 1 unspecified atom stereocenters. The van der Waals surface area contributed by atoms with E-state index in [0.717, 1.165) is 5.69 Å². The van der Waals surface area contributed by atoms with Gasteiger partial charge < -0.3 is 10.6 Å². The second-order valence-corrected chi connectivity index (χ2v) is 5.38. The number of nitrogens with one attached hydrogen (secondary N) is 2. The lowest BCUT2D eigenvalue weighted by Gasteiger charge is -2.18. The first-order chi connectivity index (χ1) is 10.0. The van der Waals surface area contributed by atoms with Gasteiger partial charge in [-0.2, -0.15) is 0 Å². The summed E-state index contributed by atoms with van der Waals surface area (Å²) < 4.78 is 0. The number of carbonyl (C=O) groups is 1. The molecule has 0 spiro atoms. The quantitative estimate of drug-likeness (QED) is 0.894. The highest BCUT2D eigenvalue weighted by Crippen LogP contribution is 2.23. The molecular weight excluding hydrogens is 260 g/mol. The molecule has 0 fully saturated rings. The molecule has 0 aliphatic rings. The molecule has 2 aromatic rings. The third-order valence-corrected chi connectivity index (χ3v) is 3.66. The molecule has 0 heterocycles. The van der Waals surface area contributed by atoms with Crippen molar-refractivity contribution in [3.05, 3.63) is 64.7 Å². The minimum Gasteiger partial charge on any atom is -0.379 e. The zero-order chi connectivity index (χ0) is 15.4. The topological polar surface area (TPSA) is 41.1 Å². The molecule has 2 N–H and O–H groups in total. The van der Waals surface area contributed by atoms with E-state index in [4.69, 9.17) is 0 Å². The average molecular weight is 282 g/mol. The van der Waals surface area contributed by atoms with Gasteiger partial charge in [0.25, 0.3) is 5.91 Å². The highest BCUT2D eigenvalue weighted by Gasteiger charge is 2.09. The first kappa shape index (κ1) is 15.1. The minimum atomic E-state index is -0.0656. The molecule has 0 aliphatic carbocycles. The lowest BCUT2D eigenvalue weighted by Crippen LogP contribution is -2.17. The van der Waals surface area contributed by atoms with Crippen LogP contribution in [0, 0.1) is 13.8 Å². The van der Waals surface area contributed by atoms with Crippen LogP contribution in [0.1, 0.15) is 40.0 Å². The number of benzene rings is 2. The number of hydrogen-bond acceptors (Lipinski definition) is 2. The normalized spacial score (nSPS) is 11.8. The van der Waals surface area contributed by atoms with Crippen molar-refractivity contribution in [2.45, 2.75) is 26.8 Å². The van der Waals surface area contributed by atoms with Crippen molar-refractivity contribution in [3.8, 4) is 0 Å². The van der Waals surface area contributed by atoms with Crippen LogP contribution < -0.4 is 10.6 Å². The van der Waals surface area contributed by atoms with Gasteiger partial charge in [-0.15, -0.1) is 0 Å². The standard InChI is InChI=1S/C18H22N2O/c1-12-5-6-13(2)17(11-12)14(3)20-16-9-7-15(8-10-16)18(21)19-4/h5-11,14,20H,1-4H3,(H,19,21). The van der Waals surface area contributed by atoms with Gasteiger partial charge >= 0.3 is 0 Å². The molecule has 0 saturated carbocycles. The number of anilines is 1. The maximum absolute atomic E-state index is 11.5. The Kier molecular flexibility index (Phi) is 4.63. The Bertz CT molecular complexity index is 632. The third-order valence-electron chi connectivity index (χ3n) is 3.66. The van der Waals surface area contributed by atoms with E-state index < -0.39 is 0 Å². The lowest BCUT2D eigenvalue weighted by atomic mass is 10.00. The fourth-order valence-electron chi connectivity index (χ4n) is 2.42. The van der Waals surface area contributed by atoms with Crippen LogP contribution in [0.3, 0.4) is 0 Å². The smallest absolute Gasteiger partial charge is 0.251 e. The lowest BCUT2D eigenvalue weighted by molar-refractivity contribution is 0.0963. The van der Waals surface area contributed by atoms with Crippen molar-refractivity contribution in [2.24, 2.45) is 0 Å². The minimum absolute atomic E-state index is 0.0656. The summed E-state index contributed by atoms with van der Waals surface area (Å²) in [6.07, 6.45) is 0. The largest absolute Gasteiger partial charge is 0.379 e. The van der Waals surface area contributed by atoms with Crippen molar-refractivity contribution >= 4 is 11.6 Å². The summed E-state index contributed by atoms with van der Waals surface area (Å²) >= 11 is 0. The first-order valence-corrected chi connectivity index (χ1v) is 7.17. The van der Waals surface area contributed by atoms with Gasteiger partial charge in [0, 0.05) is 24.3 Å². The van der Waals surface area contributed by atoms with E-state index in [-0.39, 0.29) is 11.9 Å². The van der Waals surface area contributed by atoms with Gasteiger partial charge in [0.1, 0.15) is 0 Å². The molecule has 0 bridgehead atoms. The molecule has 3 heteroatoms. The summed E-state index contributed by atoms with van der Waals surface area (Å²) in [4.78, 5) is 11.5. The predicted octanol–water partition coefficient (Wildman–Crippen LogP) is 3.84. The molecule has 0 aliphatic heterocycles. The summed E-state index contributed by atoms with van der Waals surface area (Å²) in [5.41, 5.74) is 5.52. The molecule has 0 saturated heterocycles. The molecule has 2 aromatic carbocycles. The van der Waals surface area contributed by atoms with Gasteiger partial charge in [0.15, 0.2) is 0 Å². The Morgan fingerprint density at radius 3 is 2.33 bits per heavy atom. The molecule has 2 rings (SSSR count). The van der Waals surface area contributed by atoms with E-state index in [2.05, 4.69) is 49.6 Å². The van der Waals surface area contributed by atoms with Gasteiger partial charge in [0.2, 0.25) is 0 Å². The van der Waals surface area contributed by atoms with Crippen molar-refractivity contribution < 1.29 is 4.79 Å². The van der Waals surface area contributed by atoms with Crippen molar-refractivity contribution in [1.82, 2.24) is 5.32 Å². The van der Waals surface area contributed by atoms with Crippen LogP contribution in [-0.2, 0) is 0 Å². The average Bonchev–Trinajstić information content (AvgIpc) is 2.49. The second-order valence-electron chi connectivity index (χ2n) is 5.38. The molecule has 3 nitrogen and oxygen atoms in total. The number of amides is 1. The van der Waals surface area contributed by atoms with Gasteiger partial charge in [-0.25, -0.2) is 0 Å². The number of carbonyl (C=O) groups excluding carboxylic acids is 1. The molecule has 110 valence electrons. The maximum Gasteiger partial charge on any atom is 0.251 e. The first-order valence-electron chi connectivity index (χ1n) is 7.17. The number of rotatable bonds is 4. The second kappa shape index (κ2) is 6.44. The Balaban J connectivity index is 2.14. The summed E-state index contributed by atoms with van der Waals surface area (Å²) in [6, 6.07) is 14.2. The Hall–Kier alpha value is -2.29. The number of hydrogen-bond donors (Lipinski definition) is 2. The van der Waals surface area contributed by atoms with Crippen molar-refractivity contribution in [2.75, 3.05) is 12.4 Å². The Morgan fingerprint density at radius 1 is 1.05 bits per heavy atom. The summed E-state index contributed by atoms with van der Waals surface area (Å²) in [5, 5.41) is 6.10. The van der Waals surface area contributed by atoms with Crippen molar-refractivity contribution in [3.63, 3.8) is 0 Å². The zero-order valence-electron chi connectivity index (χ0n) is 13.0. The van der Waals surface area contributed by atoms with Crippen LogP contribution in [-0.4, -0.2) is 13.0 Å². The van der Waals surface area contributed by atoms with E-state index >= 15 is 0 Å². The monoisotopic (exact) mass is 282 g/mol. The molecule has 21 heavy (non-hydrogen) atoms. The van der Waals surface area contributed by atoms with Crippen molar-refractivity contribution in [1.29, 1.82) is 0 Å². The Labute approximate surface area is 126 Å². The highest BCUT2D eigenvalue weighted by atomic mass is 16.1. The van der Waals surface area contributed by atoms with Crippen LogP contribution in [0.25, 0.3) is 0 Å². The van der Waals surface area contributed by atoms with Crippen LogP contribution in [0.5, 0.6) is 0 Å². The SMILES string of the molecule is CNC(=O)c1ccc(NC(C)c2cc(C)ccc2C)cc1. The van der Waals surface area contributed by atoms with Gasteiger partial charge in [-0.05, 0) is 56.2 Å². The molecule has 0 radical (unpaired) electrons. The van der Waals surface area contributed by atoms with E-state index in [1.165, 1.54) is 16.7 Å². The van der Waals surface area contributed by atoms with Crippen LogP contribution in [0.2, 0.25) is 0 Å². The van der Waals surface area contributed by atoms with Crippen LogP contribution >= 0.6 is 0 Å². The predicted molar refractivity (Wildman–Crippen MR) is 87.8 cm³/mol. The van der Waals surface area contributed by atoms with E-state index in [1.54, 1.807) is 7.05 Å².